The first-order valence-electron chi connectivity index (χ1n) is 6.46. The number of hydrogen-bond donors (Lipinski definition) is 1. The van der Waals surface area contributed by atoms with E-state index in [-0.39, 0.29) is 5.91 Å². The van der Waals surface area contributed by atoms with E-state index in [1.807, 2.05) is 61.5 Å². The summed E-state index contributed by atoms with van der Waals surface area (Å²) in [4.78, 5) is 16.6. The van der Waals surface area contributed by atoms with E-state index in [0.717, 1.165) is 22.2 Å². The molecule has 0 aliphatic carbocycles. The zero-order valence-corrected chi connectivity index (χ0v) is 11.1. The molecule has 0 saturated carbocycles. The second kappa shape index (κ2) is 5.13. The van der Waals surface area contributed by atoms with Crippen LogP contribution >= 0.6 is 0 Å². The highest BCUT2D eigenvalue weighted by Gasteiger charge is 2.08. The van der Waals surface area contributed by atoms with Crippen molar-refractivity contribution in [1.82, 2.24) is 4.98 Å². The van der Waals surface area contributed by atoms with Crippen LogP contribution in [0.5, 0.6) is 0 Å². The first-order valence-corrected chi connectivity index (χ1v) is 6.46. The number of anilines is 1. The highest BCUT2D eigenvalue weighted by Crippen LogP contribution is 2.14. The molecule has 1 heterocycles. The van der Waals surface area contributed by atoms with Crippen molar-refractivity contribution in [3.8, 4) is 0 Å². The van der Waals surface area contributed by atoms with Crippen LogP contribution < -0.4 is 5.32 Å². The normalized spacial score (nSPS) is 10.4. The summed E-state index contributed by atoms with van der Waals surface area (Å²) in [6.07, 6.45) is 0. The lowest BCUT2D eigenvalue weighted by Crippen LogP contribution is -2.13. The maximum absolute atomic E-state index is 12.2. The Hall–Kier alpha value is -2.68. The SMILES string of the molecule is Cc1cccc(NC(=O)c2ccc3ccccc3n2)c1. The monoisotopic (exact) mass is 262 g/mol. The average Bonchev–Trinajstić information content (AvgIpc) is 2.47. The summed E-state index contributed by atoms with van der Waals surface area (Å²) in [6.45, 7) is 1.99. The highest BCUT2D eigenvalue weighted by molar-refractivity contribution is 6.04. The Balaban J connectivity index is 1.88. The summed E-state index contributed by atoms with van der Waals surface area (Å²) in [5.74, 6) is -0.193. The predicted molar refractivity (Wildman–Crippen MR) is 80.9 cm³/mol. The number of para-hydroxylation sites is 1. The molecule has 0 aliphatic heterocycles. The van der Waals surface area contributed by atoms with Crippen LogP contribution in [-0.4, -0.2) is 10.9 Å². The highest BCUT2D eigenvalue weighted by atomic mass is 16.1. The van der Waals surface area contributed by atoms with Crippen LogP contribution in [-0.2, 0) is 0 Å². The van der Waals surface area contributed by atoms with Gasteiger partial charge in [-0.25, -0.2) is 4.98 Å². The molecule has 2 aromatic carbocycles. The number of fused-ring (bicyclic) bond motifs is 1. The molecule has 0 spiro atoms. The fourth-order valence-corrected chi connectivity index (χ4v) is 2.11. The van der Waals surface area contributed by atoms with Gasteiger partial charge in [0.2, 0.25) is 0 Å². The van der Waals surface area contributed by atoms with Crippen molar-refractivity contribution in [3.05, 3.63) is 71.9 Å². The summed E-state index contributed by atoms with van der Waals surface area (Å²) in [5.41, 5.74) is 3.13. The molecule has 3 heteroatoms. The van der Waals surface area contributed by atoms with E-state index < -0.39 is 0 Å². The molecule has 3 nitrogen and oxygen atoms in total. The second-order valence-corrected chi connectivity index (χ2v) is 4.71. The number of nitrogens with one attached hydrogen (secondary N) is 1. The smallest absolute Gasteiger partial charge is 0.274 e. The molecule has 0 aliphatic rings. The zero-order valence-electron chi connectivity index (χ0n) is 11.1. The van der Waals surface area contributed by atoms with Gasteiger partial charge in [0.1, 0.15) is 5.69 Å². The van der Waals surface area contributed by atoms with Crippen molar-refractivity contribution in [3.63, 3.8) is 0 Å². The van der Waals surface area contributed by atoms with Gasteiger partial charge < -0.3 is 5.32 Å². The topological polar surface area (TPSA) is 42.0 Å². The van der Waals surface area contributed by atoms with Crippen molar-refractivity contribution in [2.75, 3.05) is 5.32 Å². The van der Waals surface area contributed by atoms with E-state index in [1.165, 1.54) is 0 Å². The number of aryl methyl sites for hydroxylation is 1. The van der Waals surface area contributed by atoms with Crippen LogP contribution in [0.1, 0.15) is 16.1 Å². The fourth-order valence-electron chi connectivity index (χ4n) is 2.11. The molecule has 3 aromatic rings. The number of hydrogen-bond acceptors (Lipinski definition) is 2. The van der Waals surface area contributed by atoms with Gasteiger partial charge in [0.25, 0.3) is 5.91 Å². The van der Waals surface area contributed by atoms with Crippen molar-refractivity contribution >= 4 is 22.5 Å². The van der Waals surface area contributed by atoms with Gasteiger partial charge in [-0.3, -0.25) is 4.79 Å². The van der Waals surface area contributed by atoms with E-state index in [4.69, 9.17) is 0 Å². The van der Waals surface area contributed by atoms with Gasteiger partial charge in [0.15, 0.2) is 0 Å². The largest absolute Gasteiger partial charge is 0.321 e. The molecule has 1 aromatic heterocycles. The van der Waals surface area contributed by atoms with E-state index in [2.05, 4.69) is 10.3 Å². The standard InChI is InChI=1S/C17H14N2O/c1-12-5-4-7-14(11-12)18-17(20)16-10-9-13-6-2-3-8-15(13)19-16/h2-11H,1H3,(H,18,20). The third-order valence-corrected chi connectivity index (χ3v) is 3.11. The molecule has 1 N–H and O–H groups in total. The van der Waals surface area contributed by atoms with E-state index in [0.29, 0.717) is 5.69 Å². The summed E-state index contributed by atoms with van der Waals surface area (Å²) in [7, 11) is 0. The molecule has 98 valence electrons. The maximum Gasteiger partial charge on any atom is 0.274 e. The van der Waals surface area contributed by atoms with Gasteiger partial charge in [0.05, 0.1) is 5.52 Å². The van der Waals surface area contributed by atoms with Crippen molar-refractivity contribution < 1.29 is 4.79 Å². The summed E-state index contributed by atoms with van der Waals surface area (Å²) < 4.78 is 0. The lowest BCUT2D eigenvalue weighted by molar-refractivity contribution is 0.102. The number of aromatic nitrogens is 1. The molecular weight excluding hydrogens is 248 g/mol. The fraction of sp³-hybridized carbons (Fsp3) is 0.0588. The van der Waals surface area contributed by atoms with Gasteiger partial charge in [-0.2, -0.15) is 0 Å². The van der Waals surface area contributed by atoms with Crippen LogP contribution in [0.2, 0.25) is 0 Å². The van der Waals surface area contributed by atoms with Crippen LogP contribution in [0.4, 0.5) is 5.69 Å². The van der Waals surface area contributed by atoms with Gasteiger partial charge >= 0.3 is 0 Å². The first kappa shape index (κ1) is 12.4. The molecule has 0 bridgehead atoms. The number of rotatable bonds is 2. The second-order valence-electron chi connectivity index (χ2n) is 4.71. The Labute approximate surface area is 117 Å². The summed E-state index contributed by atoms with van der Waals surface area (Å²) in [6, 6.07) is 19.1. The molecule has 0 atom stereocenters. The lowest BCUT2D eigenvalue weighted by Gasteiger charge is -2.06. The molecule has 0 radical (unpaired) electrons. The van der Waals surface area contributed by atoms with Crippen LogP contribution in [0, 0.1) is 6.92 Å². The molecular formula is C17H14N2O. The third kappa shape index (κ3) is 2.52. The third-order valence-electron chi connectivity index (χ3n) is 3.11. The number of amides is 1. The van der Waals surface area contributed by atoms with Gasteiger partial charge in [0, 0.05) is 11.1 Å². The van der Waals surface area contributed by atoms with Crippen molar-refractivity contribution in [2.45, 2.75) is 6.92 Å². The minimum atomic E-state index is -0.193. The quantitative estimate of drug-likeness (QED) is 0.763. The Bertz CT molecular complexity index is 781. The number of nitrogens with zero attached hydrogens (tertiary/aromatic N) is 1. The predicted octanol–water partition coefficient (Wildman–Crippen LogP) is 3.80. The molecule has 0 unspecified atom stereocenters. The maximum atomic E-state index is 12.2. The Morgan fingerprint density at radius 2 is 1.85 bits per heavy atom. The van der Waals surface area contributed by atoms with E-state index in [1.54, 1.807) is 6.07 Å². The Morgan fingerprint density at radius 3 is 2.70 bits per heavy atom. The van der Waals surface area contributed by atoms with Crippen LogP contribution in [0.25, 0.3) is 10.9 Å². The summed E-state index contributed by atoms with van der Waals surface area (Å²) in [5, 5.41) is 3.89. The molecule has 20 heavy (non-hydrogen) atoms. The van der Waals surface area contributed by atoms with Crippen molar-refractivity contribution in [1.29, 1.82) is 0 Å². The van der Waals surface area contributed by atoms with E-state index >= 15 is 0 Å². The van der Waals surface area contributed by atoms with Crippen LogP contribution in [0.3, 0.4) is 0 Å². The van der Waals surface area contributed by atoms with Crippen LogP contribution in [0.15, 0.2) is 60.7 Å². The number of benzene rings is 2. The van der Waals surface area contributed by atoms with Crippen molar-refractivity contribution in [2.24, 2.45) is 0 Å². The number of carbonyl (C=O) groups is 1. The minimum Gasteiger partial charge on any atom is -0.321 e. The van der Waals surface area contributed by atoms with Gasteiger partial charge in [-0.1, -0.05) is 36.4 Å². The average molecular weight is 262 g/mol. The summed E-state index contributed by atoms with van der Waals surface area (Å²) >= 11 is 0. The zero-order chi connectivity index (χ0) is 13.9. The molecule has 3 rings (SSSR count). The Kier molecular flexibility index (Phi) is 3.17. The van der Waals surface area contributed by atoms with Gasteiger partial charge in [-0.15, -0.1) is 0 Å². The molecule has 1 amide bonds. The van der Waals surface area contributed by atoms with E-state index in [9.17, 15) is 4.79 Å². The minimum absolute atomic E-state index is 0.193. The van der Waals surface area contributed by atoms with Gasteiger partial charge in [-0.05, 0) is 36.8 Å². The number of carbonyl (C=O) groups excluding carboxylic acids is 1. The molecule has 0 fully saturated rings. The first-order chi connectivity index (χ1) is 9.72. The number of pyridine rings is 1. The Morgan fingerprint density at radius 1 is 1.00 bits per heavy atom. The lowest BCUT2D eigenvalue weighted by atomic mass is 10.2. The molecule has 0 saturated heterocycles.